The molecule has 1 saturated heterocycles. The largest absolute Gasteiger partial charge is 0.349 e. The van der Waals surface area contributed by atoms with E-state index in [0.717, 1.165) is 11.3 Å². The summed E-state index contributed by atoms with van der Waals surface area (Å²) in [6, 6.07) is 8.75. The van der Waals surface area contributed by atoms with Gasteiger partial charge >= 0.3 is 0 Å². The minimum atomic E-state index is -0.695. The second kappa shape index (κ2) is 8.33. The molecule has 1 fully saturated rings. The number of hydrogen-bond donors (Lipinski definition) is 1. The fraction of sp³-hybridized carbons (Fsp3) is 0.316. The Morgan fingerprint density at radius 3 is 2.73 bits per heavy atom. The predicted molar refractivity (Wildman–Crippen MR) is 93.8 cm³/mol. The minimum absolute atomic E-state index is 0.0976. The van der Waals surface area contributed by atoms with E-state index in [-0.39, 0.29) is 12.3 Å². The molecule has 1 aliphatic heterocycles. The van der Waals surface area contributed by atoms with Crippen molar-refractivity contribution < 1.29 is 14.4 Å². The molecule has 134 valence electrons. The van der Waals surface area contributed by atoms with Crippen molar-refractivity contribution in [3.05, 3.63) is 60.2 Å². The van der Waals surface area contributed by atoms with E-state index >= 15 is 0 Å². The van der Waals surface area contributed by atoms with Gasteiger partial charge in [-0.3, -0.25) is 24.4 Å². The molecule has 1 aliphatic rings. The average molecular weight is 352 g/mol. The third-order valence-electron chi connectivity index (χ3n) is 4.33. The van der Waals surface area contributed by atoms with E-state index in [1.807, 2.05) is 30.3 Å². The first-order valence-electron chi connectivity index (χ1n) is 8.55. The molecule has 0 radical (unpaired) electrons. The molecular weight excluding hydrogens is 332 g/mol. The van der Waals surface area contributed by atoms with Gasteiger partial charge in [0.2, 0.25) is 11.7 Å². The fourth-order valence-corrected chi connectivity index (χ4v) is 2.99. The summed E-state index contributed by atoms with van der Waals surface area (Å²) in [6.07, 6.45) is 5.92. The monoisotopic (exact) mass is 352 g/mol. The first-order valence-corrected chi connectivity index (χ1v) is 8.55. The Hall–Kier alpha value is -3.09. The van der Waals surface area contributed by atoms with Crippen LogP contribution in [0.15, 0.2) is 48.9 Å². The van der Waals surface area contributed by atoms with Crippen LogP contribution in [0.2, 0.25) is 0 Å². The summed E-state index contributed by atoms with van der Waals surface area (Å²) >= 11 is 0. The number of hydrogen-bond acceptors (Lipinski definition) is 5. The summed E-state index contributed by atoms with van der Waals surface area (Å²) in [5.74, 6) is -1.32. The normalized spacial score (nSPS) is 16.5. The molecule has 1 aromatic heterocycles. The maximum atomic E-state index is 12.5. The molecule has 26 heavy (non-hydrogen) atoms. The number of Topliss-reactive ketones (excluding diaryl/α,β-unsaturated/α-hetero) is 1. The highest BCUT2D eigenvalue weighted by Crippen LogP contribution is 2.22. The molecule has 7 nitrogen and oxygen atoms in total. The summed E-state index contributed by atoms with van der Waals surface area (Å²) < 4.78 is 0. The summed E-state index contributed by atoms with van der Waals surface area (Å²) in [5.41, 5.74) is 1.67. The minimum Gasteiger partial charge on any atom is -0.349 e. The molecule has 0 aliphatic carbocycles. The van der Waals surface area contributed by atoms with Gasteiger partial charge in [0.15, 0.2) is 0 Å². The zero-order valence-corrected chi connectivity index (χ0v) is 14.3. The molecule has 0 bridgehead atoms. The van der Waals surface area contributed by atoms with Crippen molar-refractivity contribution in [2.75, 3.05) is 6.54 Å². The second-order valence-electron chi connectivity index (χ2n) is 6.13. The maximum Gasteiger partial charge on any atom is 0.289 e. The van der Waals surface area contributed by atoms with Crippen LogP contribution in [0.5, 0.6) is 0 Å². The highest BCUT2D eigenvalue weighted by molar-refractivity contribution is 6.38. The van der Waals surface area contributed by atoms with Crippen molar-refractivity contribution in [1.29, 1.82) is 0 Å². The van der Waals surface area contributed by atoms with E-state index in [1.54, 1.807) is 18.6 Å². The zero-order valence-electron chi connectivity index (χ0n) is 14.3. The Labute approximate surface area is 151 Å². The third-order valence-corrected chi connectivity index (χ3v) is 4.33. The number of rotatable bonds is 7. The van der Waals surface area contributed by atoms with Crippen molar-refractivity contribution in [1.82, 2.24) is 20.2 Å². The third kappa shape index (κ3) is 4.30. The summed E-state index contributed by atoms with van der Waals surface area (Å²) in [4.78, 5) is 46.4. The highest BCUT2D eigenvalue weighted by Gasteiger charge is 2.38. The Kier molecular flexibility index (Phi) is 5.68. The lowest BCUT2D eigenvalue weighted by Crippen LogP contribution is -2.45. The van der Waals surface area contributed by atoms with E-state index in [2.05, 4.69) is 15.3 Å². The van der Waals surface area contributed by atoms with Crippen LogP contribution in [0.3, 0.4) is 0 Å². The number of carbonyl (C=O) groups is 3. The van der Waals surface area contributed by atoms with Gasteiger partial charge in [0.1, 0.15) is 6.04 Å². The van der Waals surface area contributed by atoms with E-state index in [9.17, 15) is 14.4 Å². The van der Waals surface area contributed by atoms with Crippen LogP contribution in [-0.2, 0) is 27.3 Å². The number of aromatic nitrogens is 2. The first kappa shape index (κ1) is 17.7. The fourth-order valence-electron chi connectivity index (χ4n) is 2.99. The number of benzene rings is 1. The topological polar surface area (TPSA) is 92.3 Å². The van der Waals surface area contributed by atoms with Gasteiger partial charge in [0, 0.05) is 44.5 Å². The van der Waals surface area contributed by atoms with Crippen molar-refractivity contribution in [2.45, 2.75) is 31.8 Å². The van der Waals surface area contributed by atoms with Crippen molar-refractivity contribution in [3.63, 3.8) is 0 Å². The van der Waals surface area contributed by atoms with E-state index in [1.165, 1.54) is 4.90 Å². The Bertz CT molecular complexity index is 780. The van der Waals surface area contributed by atoms with Crippen LogP contribution in [0.1, 0.15) is 24.1 Å². The average Bonchev–Trinajstić information content (AvgIpc) is 3.03. The maximum absolute atomic E-state index is 12.5. The number of likely N-dealkylation sites (tertiary alicyclic amines) is 1. The van der Waals surface area contributed by atoms with Gasteiger partial charge in [0.25, 0.3) is 5.91 Å². The molecular formula is C19H20N4O3. The van der Waals surface area contributed by atoms with Gasteiger partial charge in [-0.2, -0.15) is 0 Å². The standard InChI is InChI=1S/C19H20N4O3/c24-17-7-6-16(23(17)13-14-4-2-1-3-5-14)18(25)19(26)22-9-8-15-12-20-10-11-21-15/h1-5,10-12,16H,6-9,13H2,(H,22,26). The zero-order chi connectivity index (χ0) is 18.4. The number of amides is 2. The quantitative estimate of drug-likeness (QED) is 0.748. The van der Waals surface area contributed by atoms with Gasteiger partial charge in [-0.15, -0.1) is 0 Å². The first-order chi connectivity index (χ1) is 12.6. The molecule has 0 saturated carbocycles. The molecule has 1 aromatic carbocycles. The van der Waals surface area contributed by atoms with E-state index in [0.29, 0.717) is 25.9 Å². The van der Waals surface area contributed by atoms with Gasteiger partial charge in [-0.1, -0.05) is 30.3 Å². The molecule has 3 rings (SSSR count). The molecule has 2 amide bonds. The van der Waals surface area contributed by atoms with E-state index < -0.39 is 17.7 Å². The molecule has 7 heteroatoms. The Morgan fingerprint density at radius 2 is 2.00 bits per heavy atom. The van der Waals surface area contributed by atoms with Gasteiger partial charge in [-0.25, -0.2) is 0 Å². The van der Waals surface area contributed by atoms with Crippen LogP contribution in [-0.4, -0.2) is 45.1 Å². The van der Waals surface area contributed by atoms with Gasteiger partial charge in [-0.05, 0) is 12.0 Å². The van der Waals surface area contributed by atoms with Crippen molar-refractivity contribution >= 4 is 17.6 Å². The van der Waals surface area contributed by atoms with Crippen LogP contribution in [0.25, 0.3) is 0 Å². The lowest BCUT2D eigenvalue weighted by atomic mass is 10.1. The predicted octanol–water partition coefficient (Wildman–Crippen LogP) is 0.896. The van der Waals surface area contributed by atoms with E-state index in [4.69, 9.17) is 0 Å². The molecule has 2 heterocycles. The SMILES string of the molecule is O=C(NCCc1cnccn1)C(=O)C1CCC(=O)N1Cc1ccccc1. The van der Waals surface area contributed by atoms with Gasteiger partial charge < -0.3 is 10.2 Å². The van der Waals surface area contributed by atoms with Gasteiger partial charge in [0.05, 0.1) is 5.69 Å². The smallest absolute Gasteiger partial charge is 0.289 e. The van der Waals surface area contributed by atoms with Crippen LogP contribution in [0, 0.1) is 0 Å². The lowest BCUT2D eigenvalue weighted by molar-refractivity contribution is -0.143. The molecule has 1 N–H and O–H groups in total. The Morgan fingerprint density at radius 1 is 1.19 bits per heavy atom. The molecule has 0 spiro atoms. The van der Waals surface area contributed by atoms with Crippen LogP contribution in [0.4, 0.5) is 0 Å². The number of nitrogens with one attached hydrogen (secondary N) is 1. The summed E-state index contributed by atoms with van der Waals surface area (Å²) in [6.45, 7) is 0.631. The number of carbonyl (C=O) groups excluding carboxylic acids is 3. The summed E-state index contributed by atoms with van der Waals surface area (Å²) in [5, 5.41) is 2.61. The second-order valence-corrected chi connectivity index (χ2v) is 6.13. The number of nitrogens with zero attached hydrogens (tertiary/aromatic N) is 3. The number of ketones is 1. The summed E-state index contributed by atoms with van der Waals surface area (Å²) in [7, 11) is 0. The van der Waals surface area contributed by atoms with Crippen molar-refractivity contribution in [3.8, 4) is 0 Å². The molecule has 1 unspecified atom stereocenters. The van der Waals surface area contributed by atoms with Crippen LogP contribution < -0.4 is 5.32 Å². The van der Waals surface area contributed by atoms with Crippen LogP contribution >= 0.6 is 0 Å². The lowest BCUT2D eigenvalue weighted by Gasteiger charge is -2.23. The molecule has 2 aromatic rings. The Balaban J connectivity index is 1.56. The highest BCUT2D eigenvalue weighted by atomic mass is 16.2. The van der Waals surface area contributed by atoms with Crippen molar-refractivity contribution in [2.24, 2.45) is 0 Å². The molecule has 1 atom stereocenters.